The highest BCUT2D eigenvalue weighted by molar-refractivity contribution is 9.10. The van der Waals surface area contributed by atoms with Crippen LogP contribution in [0.1, 0.15) is 19.3 Å². The summed E-state index contributed by atoms with van der Waals surface area (Å²) < 4.78 is 14.1. The minimum atomic E-state index is -0.808. The molecular weight excluding hydrogens is 319 g/mol. The Hall–Kier alpha value is -1.01. The molecule has 2 rings (SSSR count). The molecule has 6 heteroatoms. The van der Waals surface area contributed by atoms with E-state index in [1.165, 1.54) is 6.07 Å². The zero-order valence-electron chi connectivity index (χ0n) is 9.50. The van der Waals surface area contributed by atoms with Crippen molar-refractivity contribution >= 4 is 44.7 Å². The van der Waals surface area contributed by atoms with Crippen LogP contribution in [0.15, 0.2) is 22.7 Å². The van der Waals surface area contributed by atoms with Gasteiger partial charge < -0.3 is 11.1 Å². The van der Waals surface area contributed by atoms with E-state index in [-0.39, 0.29) is 16.6 Å². The summed E-state index contributed by atoms with van der Waals surface area (Å²) >= 11 is 8.15. The van der Waals surface area contributed by atoms with Gasteiger partial charge in [-0.3, -0.25) is 4.79 Å². The topological polar surface area (TPSA) is 55.1 Å². The highest BCUT2D eigenvalue weighted by Crippen LogP contribution is 2.42. The fourth-order valence-corrected chi connectivity index (χ4v) is 2.70. The van der Waals surface area contributed by atoms with Gasteiger partial charge in [-0.05, 0) is 40.9 Å². The third-order valence-corrected chi connectivity index (χ3v) is 4.37. The smallest absolute Gasteiger partial charge is 0.237 e. The Morgan fingerprint density at radius 2 is 2.17 bits per heavy atom. The molecule has 1 aliphatic carbocycles. The lowest BCUT2D eigenvalue weighted by Gasteiger charge is -2.39. The van der Waals surface area contributed by atoms with Crippen molar-refractivity contribution in [2.75, 3.05) is 5.32 Å². The molecule has 1 fully saturated rings. The quantitative estimate of drug-likeness (QED) is 0.838. The first-order valence-electron chi connectivity index (χ1n) is 5.53. The van der Waals surface area contributed by atoms with E-state index in [9.17, 15) is 9.18 Å². The Bertz CT molecular complexity index is 497. The van der Waals surface area contributed by atoms with E-state index < -0.39 is 11.2 Å². The van der Waals surface area contributed by atoms with Gasteiger partial charge in [-0.25, -0.2) is 4.39 Å². The Labute approximate surface area is 118 Å². The maximum Gasteiger partial charge on any atom is 0.237 e. The number of nitrogens with two attached hydrogens (primary N) is 1. The number of anilines is 1. The average molecular weight is 331 g/mol. The number of benzene rings is 1. The van der Waals surface area contributed by atoms with Crippen molar-refractivity contribution in [3.63, 3.8) is 0 Å². The lowest BCUT2D eigenvalue weighted by atomic mass is 9.68. The van der Waals surface area contributed by atoms with E-state index >= 15 is 0 Å². The maximum atomic E-state index is 13.6. The van der Waals surface area contributed by atoms with Crippen LogP contribution < -0.4 is 11.1 Å². The highest BCUT2D eigenvalue weighted by atomic mass is 79.9. The van der Waals surface area contributed by atoms with E-state index in [1.807, 2.05) is 0 Å². The Kier molecular flexibility index (Phi) is 3.68. The second kappa shape index (κ2) is 4.93. The standard InChI is InChI=1S/C12H12BrFN2OS/c13-7-3-1-4-8(14)9(7)16-11(17)12(10(15)18)5-2-6-12/h1,3-4H,2,5-6H2,(H2,15,18)(H,16,17). The van der Waals surface area contributed by atoms with Crippen LogP contribution >= 0.6 is 28.1 Å². The predicted octanol–water partition coefficient (Wildman–Crippen LogP) is 2.98. The Morgan fingerprint density at radius 1 is 1.50 bits per heavy atom. The summed E-state index contributed by atoms with van der Waals surface area (Å²) in [6.07, 6.45) is 2.16. The molecule has 0 radical (unpaired) electrons. The first-order valence-corrected chi connectivity index (χ1v) is 6.73. The lowest BCUT2D eigenvalue weighted by molar-refractivity contribution is -0.125. The zero-order valence-corrected chi connectivity index (χ0v) is 11.9. The van der Waals surface area contributed by atoms with Crippen LogP contribution in [0.2, 0.25) is 0 Å². The van der Waals surface area contributed by atoms with Crippen LogP contribution in [0.4, 0.5) is 10.1 Å². The molecule has 0 heterocycles. The molecule has 1 aromatic carbocycles. The molecular formula is C12H12BrFN2OS. The molecule has 3 nitrogen and oxygen atoms in total. The van der Waals surface area contributed by atoms with E-state index in [0.717, 1.165) is 6.42 Å². The van der Waals surface area contributed by atoms with Gasteiger partial charge in [-0.2, -0.15) is 0 Å². The summed E-state index contributed by atoms with van der Waals surface area (Å²) in [6.45, 7) is 0. The van der Waals surface area contributed by atoms with E-state index in [1.54, 1.807) is 12.1 Å². The van der Waals surface area contributed by atoms with Crippen molar-refractivity contribution < 1.29 is 9.18 Å². The van der Waals surface area contributed by atoms with Crippen molar-refractivity contribution in [2.45, 2.75) is 19.3 Å². The second-order valence-corrected chi connectivity index (χ2v) is 5.64. The summed E-state index contributed by atoms with van der Waals surface area (Å²) in [5.41, 5.74) is 4.95. The van der Waals surface area contributed by atoms with Crippen molar-refractivity contribution in [1.82, 2.24) is 0 Å². The second-order valence-electron chi connectivity index (χ2n) is 4.35. The van der Waals surface area contributed by atoms with Crippen LogP contribution in [0.5, 0.6) is 0 Å². The molecule has 1 aliphatic rings. The van der Waals surface area contributed by atoms with Gasteiger partial charge in [0, 0.05) is 4.47 Å². The summed E-state index contributed by atoms with van der Waals surface area (Å²) in [5.74, 6) is -0.817. The molecule has 0 saturated heterocycles. The average Bonchev–Trinajstić information content (AvgIpc) is 2.21. The number of hydrogen-bond acceptors (Lipinski definition) is 2. The number of amides is 1. The maximum absolute atomic E-state index is 13.6. The summed E-state index contributed by atoms with van der Waals surface area (Å²) in [4.78, 5) is 12.4. The molecule has 0 atom stereocenters. The molecule has 96 valence electrons. The van der Waals surface area contributed by atoms with Gasteiger partial charge in [0.2, 0.25) is 5.91 Å². The van der Waals surface area contributed by atoms with Crippen LogP contribution in [-0.2, 0) is 4.79 Å². The zero-order chi connectivity index (χ0) is 13.3. The Balaban J connectivity index is 2.24. The highest BCUT2D eigenvalue weighted by Gasteiger charge is 2.47. The molecule has 1 saturated carbocycles. The summed E-state index contributed by atoms with van der Waals surface area (Å²) in [6, 6.07) is 4.50. The van der Waals surface area contributed by atoms with Crippen molar-refractivity contribution in [3.05, 3.63) is 28.5 Å². The largest absolute Gasteiger partial charge is 0.392 e. The number of hydrogen-bond donors (Lipinski definition) is 2. The lowest BCUT2D eigenvalue weighted by Crippen LogP contribution is -2.50. The van der Waals surface area contributed by atoms with Gasteiger partial charge in [0.1, 0.15) is 5.82 Å². The van der Waals surface area contributed by atoms with Gasteiger partial charge in [0.15, 0.2) is 0 Å². The van der Waals surface area contributed by atoms with Gasteiger partial charge in [-0.1, -0.05) is 24.7 Å². The predicted molar refractivity (Wildman–Crippen MR) is 75.8 cm³/mol. The minimum absolute atomic E-state index is 0.130. The number of nitrogens with one attached hydrogen (secondary N) is 1. The monoisotopic (exact) mass is 330 g/mol. The molecule has 0 aliphatic heterocycles. The number of thiocarbonyl (C=S) groups is 1. The molecule has 0 aromatic heterocycles. The summed E-state index contributed by atoms with van der Waals surface area (Å²) in [5, 5.41) is 2.57. The summed E-state index contributed by atoms with van der Waals surface area (Å²) in [7, 11) is 0. The molecule has 0 unspecified atom stereocenters. The first kappa shape index (κ1) is 13.4. The molecule has 18 heavy (non-hydrogen) atoms. The number of halogens is 2. The number of rotatable bonds is 3. The van der Waals surface area contributed by atoms with Gasteiger partial charge in [0.05, 0.1) is 16.1 Å². The first-order chi connectivity index (χ1) is 8.47. The Morgan fingerprint density at radius 3 is 2.61 bits per heavy atom. The molecule has 1 amide bonds. The van der Waals surface area contributed by atoms with E-state index in [4.69, 9.17) is 18.0 Å². The normalized spacial score (nSPS) is 16.8. The molecule has 0 spiro atoms. The third-order valence-electron chi connectivity index (χ3n) is 3.31. The number of carbonyl (C=O) groups excluding carboxylic acids is 1. The van der Waals surface area contributed by atoms with Crippen LogP contribution in [0.3, 0.4) is 0 Å². The van der Waals surface area contributed by atoms with Crippen molar-refractivity contribution in [2.24, 2.45) is 11.1 Å². The van der Waals surface area contributed by atoms with Crippen LogP contribution in [-0.4, -0.2) is 10.9 Å². The van der Waals surface area contributed by atoms with Crippen LogP contribution in [0, 0.1) is 11.2 Å². The van der Waals surface area contributed by atoms with E-state index in [0.29, 0.717) is 17.3 Å². The van der Waals surface area contributed by atoms with Gasteiger partial charge >= 0.3 is 0 Å². The molecule has 1 aromatic rings. The van der Waals surface area contributed by atoms with Gasteiger partial charge in [-0.15, -0.1) is 0 Å². The van der Waals surface area contributed by atoms with Crippen molar-refractivity contribution in [1.29, 1.82) is 0 Å². The molecule has 3 N–H and O–H groups in total. The van der Waals surface area contributed by atoms with E-state index in [2.05, 4.69) is 21.2 Å². The van der Waals surface area contributed by atoms with Gasteiger partial charge in [0.25, 0.3) is 0 Å². The SMILES string of the molecule is NC(=S)C1(C(=O)Nc2c(F)cccc2Br)CCC1. The third kappa shape index (κ3) is 2.14. The fraction of sp³-hybridized carbons (Fsp3) is 0.333. The number of para-hydroxylation sites is 1. The fourth-order valence-electron chi connectivity index (χ4n) is 1.97. The minimum Gasteiger partial charge on any atom is -0.392 e. The van der Waals surface area contributed by atoms with Crippen molar-refractivity contribution in [3.8, 4) is 0 Å². The number of carbonyl (C=O) groups is 1. The van der Waals surface area contributed by atoms with Crippen LogP contribution in [0.25, 0.3) is 0 Å². The molecule has 0 bridgehead atoms.